The fraction of sp³-hybridized carbons (Fsp3) is 0.455. The van der Waals surface area contributed by atoms with Crippen LogP contribution in [0.2, 0.25) is 0 Å². The molecule has 5 nitrogen and oxygen atoms in total. The molecule has 0 aliphatic heterocycles. The summed E-state index contributed by atoms with van der Waals surface area (Å²) in [6, 6.07) is 1.77. The van der Waals surface area contributed by atoms with E-state index in [-0.39, 0.29) is 0 Å². The first kappa shape index (κ1) is 9.45. The Morgan fingerprint density at radius 3 is 2.56 bits per heavy atom. The van der Waals surface area contributed by atoms with Gasteiger partial charge in [0.1, 0.15) is 0 Å². The monoisotopic (exact) mass is 216 g/mol. The van der Waals surface area contributed by atoms with Crippen LogP contribution in [0.5, 0.6) is 0 Å². The fourth-order valence-corrected chi connectivity index (χ4v) is 2.08. The van der Waals surface area contributed by atoms with Gasteiger partial charge in [-0.1, -0.05) is 18.0 Å². The van der Waals surface area contributed by atoms with Crippen LogP contribution in [0.1, 0.15) is 37.5 Å². The normalized spacial score (nSPS) is 16.8. The molecule has 2 aromatic rings. The molecule has 2 heterocycles. The van der Waals surface area contributed by atoms with Gasteiger partial charge in [0.05, 0.1) is 0 Å². The van der Waals surface area contributed by atoms with E-state index in [9.17, 15) is 0 Å². The van der Waals surface area contributed by atoms with E-state index in [1.165, 1.54) is 12.8 Å². The molecule has 1 aliphatic rings. The van der Waals surface area contributed by atoms with Crippen LogP contribution in [0, 0.1) is 0 Å². The third kappa shape index (κ3) is 1.68. The summed E-state index contributed by atoms with van der Waals surface area (Å²) in [6.45, 7) is 0. The van der Waals surface area contributed by atoms with Crippen LogP contribution in [0.15, 0.2) is 23.0 Å². The zero-order valence-electron chi connectivity index (χ0n) is 8.83. The van der Waals surface area contributed by atoms with Crippen LogP contribution in [0.25, 0.3) is 11.6 Å². The second kappa shape index (κ2) is 4.00. The van der Waals surface area contributed by atoms with Crippen molar-refractivity contribution in [2.75, 3.05) is 0 Å². The van der Waals surface area contributed by atoms with E-state index >= 15 is 0 Å². The molecule has 0 unspecified atom stereocenters. The Morgan fingerprint density at radius 2 is 1.81 bits per heavy atom. The van der Waals surface area contributed by atoms with Crippen LogP contribution >= 0.6 is 0 Å². The highest BCUT2D eigenvalue weighted by Crippen LogP contribution is 2.33. The average molecular weight is 216 g/mol. The lowest BCUT2D eigenvalue weighted by Crippen LogP contribution is -1.93. The third-order valence-electron chi connectivity index (χ3n) is 2.91. The number of hydrogen-bond donors (Lipinski definition) is 0. The van der Waals surface area contributed by atoms with Crippen LogP contribution in [-0.2, 0) is 0 Å². The molecular formula is C11H12N4O. The Kier molecular flexibility index (Phi) is 2.36. The van der Waals surface area contributed by atoms with Gasteiger partial charge in [-0.15, -0.1) is 0 Å². The summed E-state index contributed by atoms with van der Waals surface area (Å²) >= 11 is 0. The maximum absolute atomic E-state index is 5.26. The Balaban J connectivity index is 1.87. The second-order valence-electron chi connectivity index (χ2n) is 4.01. The van der Waals surface area contributed by atoms with Gasteiger partial charge < -0.3 is 4.52 Å². The van der Waals surface area contributed by atoms with E-state index in [1.807, 2.05) is 0 Å². The topological polar surface area (TPSA) is 64.7 Å². The molecular weight excluding hydrogens is 204 g/mol. The van der Waals surface area contributed by atoms with E-state index < -0.39 is 0 Å². The van der Waals surface area contributed by atoms with Gasteiger partial charge in [-0.05, 0) is 18.9 Å². The molecule has 5 heteroatoms. The maximum Gasteiger partial charge on any atom is 0.240 e. The van der Waals surface area contributed by atoms with Crippen molar-refractivity contribution < 1.29 is 4.52 Å². The van der Waals surface area contributed by atoms with Crippen molar-refractivity contribution in [1.82, 2.24) is 20.1 Å². The number of nitrogens with zero attached hydrogens (tertiary/aromatic N) is 4. The molecule has 1 saturated carbocycles. The van der Waals surface area contributed by atoms with E-state index in [1.54, 1.807) is 18.5 Å². The third-order valence-corrected chi connectivity index (χ3v) is 2.91. The molecule has 2 aromatic heterocycles. The van der Waals surface area contributed by atoms with Crippen molar-refractivity contribution in [3.05, 3.63) is 24.4 Å². The summed E-state index contributed by atoms with van der Waals surface area (Å²) in [6.07, 6.45) is 8.16. The van der Waals surface area contributed by atoms with Crippen molar-refractivity contribution >= 4 is 0 Å². The lowest BCUT2D eigenvalue weighted by molar-refractivity contribution is 0.354. The van der Waals surface area contributed by atoms with Crippen LogP contribution in [0.4, 0.5) is 0 Å². The lowest BCUT2D eigenvalue weighted by Gasteiger charge is -1.98. The van der Waals surface area contributed by atoms with Crippen LogP contribution in [0.3, 0.4) is 0 Å². The van der Waals surface area contributed by atoms with E-state index in [4.69, 9.17) is 4.52 Å². The van der Waals surface area contributed by atoms with E-state index in [2.05, 4.69) is 20.1 Å². The number of rotatable bonds is 2. The minimum Gasteiger partial charge on any atom is -0.339 e. The highest BCUT2D eigenvalue weighted by atomic mass is 16.5. The van der Waals surface area contributed by atoms with Gasteiger partial charge in [-0.2, -0.15) is 4.98 Å². The van der Waals surface area contributed by atoms with Crippen molar-refractivity contribution in [2.45, 2.75) is 31.6 Å². The molecule has 1 aliphatic carbocycles. The molecule has 0 radical (unpaired) electrons. The molecule has 0 spiro atoms. The highest BCUT2D eigenvalue weighted by Gasteiger charge is 2.23. The molecule has 82 valence electrons. The molecule has 0 aromatic carbocycles. The first-order valence-corrected chi connectivity index (χ1v) is 5.54. The maximum atomic E-state index is 5.26. The predicted molar refractivity (Wildman–Crippen MR) is 56.5 cm³/mol. The van der Waals surface area contributed by atoms with Crippen LogP contribution < -0.4 is 0 Å². The molecule has 1 fully saturated rings. The highest BCUT2D eigenvalue weighted by molar-refractivity contribution is 5.40. The summed E-state index contributed by atoms with van der Waals surface area (Å²) in [5.41, 5.74) is 0. The van der Waals surface area contributed by atoms with Gasteiger partial charge >= 0.3 is 0 Å². The average Bonchev–Trinajstić information content (AvgIpc) is 3.01. The molecule has 3 rings (SSSR count). The summed E-state index contributed by atoms with van der Waals surface area (Å²) in [5, 5.41) is 3.92. The molecule has 0 bridgehead atoms. The van der Waals surface area contributed by atoms with Gasteiger partial charge in [-0.25, -0.2) is 9.97 Å². The Bertz CT molecular complexity index is 462. The summed E-state index contributed by atoms with van der Waals surface area (Å²) in [5.74, 6) is 2.18. The second-order valence-corrected chi connectivity index (χ2v) is 4.01. The van der Waals surface area contributed by atoms with Crippen LogP contribution in [-0.4, -0.2) is 20.1 Å². The van der Waals surface area contributed by atoms with E-state index in [0.717, 1.165) is 18.7 Å². The van der Waals surface area contributed by atoms with Crippen molar-refractivity contribution in [3.63, 3.8) is 0 Å². The molecule has 0 saturated heterocycles. The smallest absolute Gasteiger partial charge is 0.240 e. The van der Waals surface area contributed by atoms with Crippen molar-refractivity contribution in [1.29, 1.82) is 0 Å². The standard InChI is InChI=1S/C11H12N4O/c1-2-5-8(4-1)11-14-10(15-16-11)9-12-6-3-7-13-9/h3,6-8H,1-2,4-5H2. The van der Waals surface area contributed by atoms with Gasteiger partial charge in [-0.3, -0.25) is 0 Å². The zero-order chi connectivity index (χ0) is 10.8. The first-order chi connectivity index (χ1) is 7.93. The quantitative estimate of drug-likeness (QED) is 0.769. The first-order valence-electron chi connectivity index (χ1n) is 5.54. The molecule has 16 heavy (non-hydrogen) atoms. The lowest BCUT2D eigenvalue weighted by atomic mass is 10.1. The Labute approximate surface area is 92.9 Å². The van der Waals surface area contributed by atoms with E-state index in [0.29, 0.717) is 17.6 Å². The molecule has 0 atom stereocenters. The SMILES string of the molecule is c1cnc(-c2noc(C3CCCC3)n2)nc1. The summed E-state index contributed by atoms with van der Waals surface area (Å²) in [7, 11) is 0. The number of hydrogen-bond acceptors (Lipinski definition) is 5. The molecule has 0 N–H and O–H groups in total. The minimum atomic E-state index is 0.435. The fourth-order valence-electron chi connectivity index (χ4n) is 2.08. The van der Waals surface area contributed by atoms with Gasteiger partial charge in [0.2, 0.25) is 17.5 Å². The van der Waals surface area contributed by atoms with Crippen molar-refractivity contribution in [2.24, 2.45) is 0 Å². The van der Waals surface area contributed by atoms with Gasteiger partial charge in [0, 0.05) is 18.3 Å². The Hall–Kier alpha value is -1.78. The molecule has 0 amide bonds. The number of aromatic nitrogens is 4. The minimum absolute atomic E-state index is 0.435. The van der Waals surface area contributed by atoms with Gasteiger partial charge in [0.25, 0.3) is 0 Å². The Morgan fingerprint density at radius 1 is 1.06 bits per heavy atom. The predicted octanol–water partition coefficient (Wildman–Crippen LogP) is 2.18. The zero-order valence-corrected chi connectivity index (χ0v) is 8.83. The van der Waals surface area contributed by atoms with Gasteiger partial charge in [0.15, 0.2) is 0 Å². The largest absolute Gasteiger partial charge is 0.339 e. The summed E-state index contributed by atoms with van der Waals surface area (Å²) in [4.78, 5) is 12.5. The van der Waals surface area contributed by atoms with Crippen molar-refractivity contribution in [3.8, 4) is 11.6 Å². The summed E-state index contributed by atoms with van der Waals surface area (Å²) < 4.78 is 5.26.